The first kappa shape index (κ1) is 14.4. The Bertz CT molecular complexity index is 406. The molecule has 1 saturated carbocycles. The van der Waals surface area contributed by atoms with Gasteiger partial charge >= 0.3 is 0 Å². The van der Waals surface area contributed by atoms with E-state index < -0.39 is 5.82 Å². The van der Waals surface area contributed by atoms with Gasteiger partial charge in [-0.15, -0.1) is 0 Å². The molecule has 1 fully saturated rings. The molecule has 2 rings (SSSR count). The molecular weight excluding hydrogens is 244 g/mol. The second-order valence-electron chi connectivity index (χ2n) is 5.48. The highest BCUT2D eigenvalue weighted by Gasteiger charge is 2.27. The molecule has 0 heterocycles. The summed E-state index contributed by atoms with van der Waals surface area (Å²) < 4.78 is 27.0. The summed E-state index contributed by atoms with van der Waals surface area (Å²) in [6.45, 7) is 3.96. The number of halogens is 2. The second kappa shape index (κ2) is 6.99. The lowest BCUT2D eigenvalue weighted by molar-refractivity contribution is 0.369. The molecule has 0 saturated heterocycles. The predicted molar refractivity (Wildman–Crippen MR) is 74.2 cm³/mol. The van der Waals surface area contributed by atoms with Gasteiger partial charge in [-0.2, -0.15) is 0 Å². The molecule has 1 aromatic rings. The van der Waals surface area contributed by atoms with E-state index in [1.807, 2.05) is 0 Å². The fourth-order valence-corrected chi connectivity index (χ4v) is 3.17. The monoisotopic (exact) mass is 267 g/mol. The largest absolute Gasteiger partial charge is 0.317 e. The fourth-order valence-electron chi connectivity index (χ4n) is 3.17. The third-order valence-electron chi connectivity index (χ3n) is 4.18. The molecule has 106 valence electrons. The van der Waals surface area contributed by atoms with Crippen molar-refractivity contribution in [2.24, 2.45) is 5.92 Å². The number of hydrogen-bond donors (Lipinski definition) is 1. The SMILES string of the molecule is CCNCC1CCCCCC1c1ccc(F)cc1F. The lowest BCUT2D eigenvalue weighted by atomic mass is 9.82. The number of rotatable bonds is 4. The van der Waals surface area contributed by atoms with Gasteiger partial charge in [0.25, 0.3) is 0 Å². The maximum Gasteiger partial charge on any atom is 0.129 e. The molecule has 2 unspecified atom stereocenters. The Morgan fingerprint density at radius 3 is 2.68 bits per heavy atom. The normalized spacial score (nSPS) is 24.2. The van der Waals surface area contributed by atoms with E-state index in [2.05, 4.69) is 12.2 Å². The van der Waals surface area contributed by atoms with E-state index in [9.17, 15) is 8.78 Å². The zero-order valence-electron chi connectivity index (χ0n) is 11.6. The molecule has 1 aliphatic rings. The lowest BCUT2D eigenvalue weighted by Crippen LogP contribution is -2.27. The molecule has 3 heteroatoms. The van der Waals surface area contributed by atoms with Crippen LogP contribution < -0.4 is 5.32 Å². The lowest BCUT2D eigenvalue weighted by Gasteiger charge is -2.26. The molecule has 19 heavy (non-hydrogen) atoms. The van der Waals surface area contributed by atoms with Crippen LogP contribution in [0.5, 0.6) is 0 Å². The minimum atomic E-state index is -0.488. The Hall–Kier alpha value is -0.960. The van der Waals surface area contributed by atoms with Crippen molar-refractivity contribution in [3.8, 4) is 0 Å². The number of hydrogen-bond acceptors (Lipinski definition) is 1. The van der Waals surface area contributed by atoms with Gasteiger partial charge in [0.15, 0.2) is 0 Å². The first-order chi connectivity index (χ1) is 9.22. The van der Waals surface area contributed by atoms with E-state index in [0.717, 1.165) is 38.4 Å². The molecule has 1 aromatic carbocycles. The van der Waals surface area contributed by atoms with Crippen molar-refractivity contribution in [2.75, 3.05) is 13.1 Å². The maximum absolute atomic E-state index is 14.0. The van der Waals surface area contributed by atoms with E-state index in [-0.39, 0.29) is 11.7 Å². The minimum Gasteiger partial charge on any atom is -0.317 e. The summed E-state index contributed by atoms with van der Waals surface area (Å²) in [5.41, 5.74) is 0.700. The van der Waals surface area contributed by atoms with Crippen LogP contribution in [0.15, 0.2) is 18.2 Å². The highest BCUT2D eigenvalue weighted by Crippen LogP contribution is 2.37. The van der Waals surface area contributed by atoms with Crippen molar-refractivity contribution < 1.29 is 8.78 Å². The summed E-state index contributed by atoms with van der Waals surface area (Å²) in [5, 5.41) is 3.38. The highest BCUT2D eigenvalue weighted by atomic mass is 19.1. The van der Waals surface area contributed by atoms with Crippen molar-refractivity contribution in [2.45, 2.75) is 44.9 Å². The predicted octanol–water partition coefficient (Wildman–Crippen LogP) is 4.24. The van der Waals surface area contributed by atoms with Crippen LogP contribution in [-0.2, 0) is 0 Å². The summed E-state index contributed by atoms with van der Waals surface area (Å²) in [6, 6.07) is 4.04. The van der Waals surface area contributed by atoms with Crippen LogP contribution in [0.4, 0.5) is 8.78 Å². The van der Waals surface area contributed by atoms with Crippen LogP contribution in [0.1, 0.15) is 50.5 Å². The van der Waals surface area contributed by atoms with Gasteiger partial charge in [0.1, 0.15) is 11.6 Å². The molecule has 0 spiro atoms. The van der Waals surface area contributed by atoms with Crippen LogP contribution in [0.3, 0.4) is 0 Å². The topological polar surface area (TPSA) is 12.0 Å². The first-order valence-electron chi connectivity index (χ1n) is 7.38. The Morgan fingerprint density at radius 2 is 1.95 bits per heavy atom. The molecule has 0 amide bonds. The summed E-state index contributed by atoms with van der Waals surface area (Å²) in [6.07, 6.45) is 5.73. The van der Waals surface area contributed by atoms with E-state index in [1.54, 1.807) is 6.07 Å². The fraction of sp³-hybridized carbons (Fsp3) is 0.625. The van der Waals surface area contributed by atoms with Crippen molar-refractivity contribution in [3.63, 3.8) is 0 Å². The van der Waals surface area contributed by atoms with Crippen molar-refractivity contribution >= 4 is 0 Å². The molecule has 1 nitrogen and oxygen atoms in total. The Kier molecular flexibility index (Phi) is 5.32. The van der Waals surface area contributed by atoms with Gasteiger partial charge in [0.05, 0.1) is 0 Å². The second-order valence-corrected chi connectivity index (χ2v) is 5.48. The van der Waals surface area contributed by atoms with Gasteiger partial charge in [-0.05, 0) is 49.4 Å². The molecule has 0 radical (unpaired) electrons. The molecule has 2 atom stereocenters. The molecule has 0 bridgehead atoms. The minimum absolute atomic E-state index is 0.224. The standard InChI is InChI=1S/C16H23F2N/c1-2-19-11-12-6-4-3-5-7-14(12)15-9-8-13(17)10-16(15)18/h8-10,12,14,19H,2-7,11H2,1H3. The van der Waals surface area contributed by atoms with Crippen molar-refractivity contribution in [1.29, 1.82) is 0 Å². The van der Waals surface area contributed by atoms with E-state index in [0.29, 0.717) is 11.5 Å². The Morgan fingerprint density at radius 1 is 1.16 bits per heavy atom. The van der Waals surface area contributed by atoms with Crippen LogP contribution in [-0.4, -0.2) is 13.1 Å². The average Bonchev–Trinajstić information content (AvgIpc) is 2.62. The molecule has 0 aliphatic heterocycles. The molecular formula is C16H23F2N. The molecule has 1 N–H and O–H groups in total. The van der Waals surface area contributed by atoms with Gasteiger partial charge in [-0.3, -0.25) is 0 Å². The number of nitrogens with one attached hydrogen (secondary N) is 1. The Balaban J connectivity index is 2.20. The maximum atomic E-state index is 14.0. The van der Waals surface area contributed by atoms with Gasteiger partial charge in [-0.25, -0.2) is 8.78 Å². The Labute approximate surface area is 114 Å². The smallest absolute Gasteiger partial charge is 0.129 e. The van der Waals surface area contributed by atoms with E-state index >= 15 is 0 Å². The van der Waals surface area contributed by atoms with Gasteiger partial charge in [0.2, 0.25) is 0 Å². The van der Waals surface area contributed by atoms with E-state index in [1.165, 1.54) is 18.9 Å². The zero-order chi connectivity index (χ0) is 13.7. The summed E-state index contributed by atoms with van der Waals surface area (Å²) in [7, 11) is 0. The van der Waals surface area contributed by atoms with Crippen LogP contribution >= 0.6 is 0 Å². The summed E-state index contributed by atoms with van der Waals surface area (Å²) >= 11 is 0. The van der Waals surface area contributed by atoms with Crippen molar-refractivity contribution in [3.05, 3.63) is 35.4 Å². The summed E-state index contributed by atoms with van der Waals surface area (Å²) in [4.78, 5) is 0. The van der Waals surface area contributed by atoms with Crippen molar-refractivity contribution in [1.82, 2.24) is 5.32 Å². The highest BCUT2D eigenvalue weighted by molar-refractivity contribution is 5.23. The van der Waals surface area contributed by atoms with Gasteiger partial charge < -0.3 is 5.32 Å². The molecule has 0 aromatic heterocycles. The van der Waals surface area contributed by atoms with Crippen LogP contribution in [0.2, 0.25) is 0 Å². The number of benzene rings is 1. The van der Waals surface area contributed by atoms with Gasteiger partial charge in [0, 0.05) is 6.07 Å². The van der Waals surface area contributed by atoms with Crippen LogP contribution in [0.25, 0.3) is 0 Å². The quantitative estimate of drug-likeness (QED) is 0.805. The summed E-state index contributed by atoms with van der Waals surface area (Å²) in [5.74, 6) is -0.184. The van der Waals surface area contributed by atoms with Crippen LogP contribution in [0, 0.1) is 17.6 Å². The average molecular weight is 267 g/mol. The third kappa shape index (κ3) is 3.75. The zero-order valence-corrected chi connectivity index (χ0v) is 11.6. The van der Waals surface area contributed by atoms with Gasteiger partial charge in [-0.1, -0.05) is 32.3 Å². The van der Waals surface area contributed by atoms with E-state index in [4.69, 9.17) is 0 Å². The third-order valence-corrected chi connectivity index (χ3v) is 4.18. The molecule has 1 aliphatic carbocycles. The first-order valence-corrected chi connectivity index (χ1v) is 7.38.